The van der Waals surface area contributed by atoms with Gasteiger partial charge in [-0.15, -0.1) is 5.10 Å². The Morgan fingerprint density at radius 3 is 2.64 bits per heavy atom. The Labute approximate surface area is 142 Å². The molecule has 0 radical (unpaired) electrons. The van der Waals surface area contributed by atoms with E-state index in [1.54, 1.807) is 24.3 Å². The van der Waals surface area contributed by atoms with E-state index in [1.807, 2.05) is 13.0 Å². The van der Waals surface area contributed by atoms with Crippen molar-refractivity contribution >= 4 is 35.0 Å². The molecule has 0 atom stereocenters. The van der Waals surface area contributed by atoms with Gasteiger partial charge >= 0.3 is 11.9 Å². The first kappa shape index (κ1) is 16.3. The second-order valence-electron chi connectivity index (χ2n) is 5.49. The molecule has 8 heteroatoms. The van der Waals surface area contributed by atoms with Crippen molar-refractivity contribution in [2.24, 2.45) is 0 Å². The summed E-state index contributed by atoms with van der Waals surface area (Å²) in [6.45, 7) is 1.61. The number of rotatable bonds is 5. The predicted octanol–water partition coefficient (Wildman–Crippen LogP) is 2.09. The van der Waals surface area contributed by atoms with Gasteiger partial charge in [-0.2, -0.15) is 0 Å². The molecule has 2 aromatic heterocycles. The van der Waals surface area contributed by atoms with E-state index in [-0.39, 0.29) is 12.1 Å². The van der Waals surface area contributed by atoms with Crippen LogP contribution in [0.4, 0.5) is 0 Å². The molecule has 0 saturated heterocycles. The lowest BCUT2D eigenvalue weighted by atomic mass is 10.1. The molecule has 3 aromatic rings. The average molecular weight is 338 g/mol. The molecule has 3 rings (SSSR count). The van der Waals surface area contributed by atoms with Crippen molar-refractivity contribution in [1.29, 1.82) is 0 Å². The highest BCUT2D eigenvalue weighted by molar-refractivity contribution is 6.03. The van der Waals surface area contributed by atoms with Gasteiger partial charge in [-0.3, -0.25) is 4.79 Å². The summed E-state index contributed by atoms with van der Waals surface area (Å²) < 4.78 is 1.20. The third-order valence-corrected chi connectivity index (χ3v) is 3.49. The number of aromatic carboxylic acids is 1. The number of pyridine rings is 1. The van der Waals surface area contributed by atoms with Crippen LogP contribution in [0.15, 0.2) is 30.5 Å². The Morgan fingerprint density at radius 2 is 1.92 bits per heavy atom. The lowest BCUT2D eigenvalue weighted by Gasteiger charge is -2.05. The van der Waals surface area contributed by atoms with Crippen LogP contribution < -0.4 is 0 Å². The van der Waals surface area contributed by atoms with Gasteiger partial charge in [0.25, 0.3) is 0 Å². The number of carbonyl (C=O) groups is 2. The maximum absolute atomic E-state index is 11.5. The molecule has 2 N–H and O–H groups in total. The maximum atomic E-state index is 11.5. The number of aryl methyl sites for hydroxylation is 1. The summed E-state index contributed by atoms with van der Waals surface area (Å²) >= 11 is 0. The van der Waals surface area contributed by atoms with Crippen molar-refractivity contribution in [2.75, 3.05) is 0 Å². The van der Waals surface area contributed by atoms with Crippen LogP contribution in [0.25, 0.3) is 23.1 Å². The average Bonchev–Trinajstić information content (AvgIpc) is 2.98. The standard InChI is InChI=1S/C17H14N4O4/c1-10-2-5-15-13(6-10)14(17(24)25)7-11(18-15)3-4-12-8-21(20-19-12)9-16(22)23/h2-8H,9H2,1H3,(H,22,23)(H,24,25). The summed E-state index contributed by atoms with van der Waals surface area (Å²) in [5.41, 5.74) is 2.61. The van der Waals surface area contributed by atoms with Crippen LogP contribution in [-0.4, -0.2) is 42.1 Å². The number of carboxylic acids is 2. The molecule has 1 aromatic carbocycles. The largest absolute Gasteiger partial charge is 0.480 e. The number of aromatic nitrogens is 4. The smallest absolute Gasteiger partial charge is 0.336 e. The van der Waals surface area contributed by atoms with Crippen LogP contribution >= 0.6 is 0 Å². The number of fused-ring (bicyclic) bond motifs is 1. The summed E-state index contributed by atoms with van der Waals surface area (Å²) in [5.74, 6) is -2.04. The molecule has 0 aliphatic carbocycles. The number of aliphatic carboxylic acids is 1. The SMILES string of the molecule is Cc1ccc2nc(C=Cc3cn(CC(=O)O)nn3)cc(C(=O)O)c2c1. The second-order valence-corrected chi connectivity index (χ2v) is 5.49. The zero-order chi connectivity index (χ0) is 18.0. The van der Waals surface area contributed by atoms with E-state index in [1.165, 1.54) is 16.9 Å². The molecule has 0 amide bonds. The molecule has 0 spiro atoms. The predicted molar refractivity (Wildman–Crippen MR) is 90.0 cm³/mol. The van der Waals surface area contributed by atoms with Crippen LogP contribution in [0.5, 0.6) is 0 Å². The molecule has 126 valence electrons. The Kier molecular flexibility index (Phi) is 4.25. The lowest BCUT2D eigenvalue weighted by Crippen LogP contribution is -2.08. The van der Waals surface area contributed by atoms with Crippen molar-refractivity contribution in [3.05, 3.63) is 53.0 Å². The molecule has 0 aliphatic heterocycles. The van der Waals surface area contributed by atoms with Crippen molar-refractivity contribution in [1.82, 2.24) is 20.0 Å². The first-order valence-corrected chi connectivity index (χ1v) is 7.37. The van der Waals surface area contributed by atoms with Crippen LogP contribution in [0.3, 0.4) is 0 Å². The van der Waals surface area contributed by atoms with Gasteiger partial charge in [-0.25, -0.2) is 14.5 Å². The van der Waals surface area contributed by atoms with Gasteiger partial charge in [-0.1, -0.05) is 16.8 Å². The van der Waals surface area contributed by atoms with Crippen molar-refractivity contribution in [3.8, 4) is 0 Å². The second kappa shape index (κ2) is 6.52. The first-order valence-electron chi connectivity index (χ1n) is 7.37. The van der Waals surface area contributed by atoms with Gasteiger partial charge < -0.3 is 10.2 Å². The minimum Gasteiger partial charge on any atom is -0.480 e. The summed E-state index contributed by atoms with van der Waals surface area (Å²) in [5, 5.41) is 26.3. The monoisotopic (exact) mass is 338 g/mol. The van der Waals surface area contributed by atoms with Gasteiger partial charge in [-0.05, 0) is 37.3 Å². The molecule has 8 nitrogen and oxygen atoms in total. The fraction of sp³-hybridized carbons (Fsp3) is 0.118. The lowest BCUT2D eigenvalue weighted by molar-refractivity contribution is -0.137. The van der Waals surface area contributed by atoms with E-state index >= 15 is 0 Å². The Bertz CT molecular complexity index is 1010. The minimum absolute atomic E-state index is 0.169. The Balaban J connectivity index is 1.96. The van der Waals surface area contributed by atoms with Crippen LogP contribution in [0.1, 0.15) is 27.3 Å². The topological polar surface area (TPSA) is 118 Å². The minimum atomic E-state index is -1.03. The van der Waals surface area contributed by atoms with E-state index < -0.39 is 11.9 Å². The first-order chi connectivity index (χ1) is 11.9. The number of hydrogen-bond donors (Lipinski definition) is 2. The Hall–Kier alpha value is -3.55. The van der Waals surface area contributed by atoms with E-state index in [9.17, 15) is 14.7 Å². The molecule has 0 bridgehead atoms. The van der Waals surface area contributed by atoms with Gasteiger partial charge in [0.15, 0.2) is 0 Å². The summed E-state index contributed by atoms with van der Waals surface area (Å²) in [4.78, 5) is 26.6. The maximum Gasteiger partial charge on any atom is 0.336 e. The Morgan fingerprint density at radius 1 is 1.16 bits per heavy atom. The third kappa shape index (κ3) is 3.69. The summed E-state index contributed by atoms with van der Waals surface area (Å²) in [7, 11) is 0. The molecule has 0 fully saturated rings. The van der Waals surface area contributed by atoms with E-state index in [4.69, 9.17) is 5.11 Å². The van der Waals surface area contributed by atoms with E-state index in [2.05, 4.69) is 15.3 Å². The van der Waals surface area contributed by atoms with Crippen molar-refractivity contribution in [3.63, 3.8) is 0 Å². The van der Waals surface area contributed by atoms with E-state index in [0.717, 1.165) is 5.56 Å². The van der Waals surface area contributed by atoms with Crippen LogP contribution in [0.2, 0.25) is 0 Å². The van der Waals surface area contributed by atoms with Gasteiger partial charge in [0.1, 0.15) is 12.2 Å². The van der Waals surface area contributed by atoms with Gasteiger partial charge in [0.05, 0.1) is 23.0 Å². The summed E-state index contributed by atoms with van der Waals surface area (Å²) in [6, 6.07) is 6.92. The van der Waals surface area contributed by atoms with Crippen molar-refractivity contribution in [2.45, 2.75) is 13.5 Å². The molecular formula is C17H14N4O4. The molecule has 2 heterocycles. The zero-order valence-electron chi connectivity index (χ0n) is 13.2. The normalized spacial score (nSPS) is 11.2. The quantitative estimate of drug-likeness (QED) is 0.731. The fourth-order valence-corrected chi connectivity index (χ4v) is 2.40. The van der Waals surface area contributed by atoms with Gasteiger partial charge in [0.2, 0.25) is 0 Å². The third-order valence-electron chi connectivity index (χ3n) is 3.49. The molecular weight excluding hydrogens is 324 g/mol. The number of nitrogens with zero attached hydrogens (tertiary/aromatic N) is 4. The number of benzene rings is 1. The van der Waals surface area contributed by atoms with E-state index in [0.29, 0.717) is 22.3 Å². The molecule has 0 unspecified atom stereocenters. The molecule has 25 heavy (non-hydrogen) atoms. The summed E-state index contributed by atoms with van der Waals surface area (Å²) in [6.07, 6.45) is 4.69. The van der Waals surface area contributed by atoms with Gasteiger partial charge in [0, 0.05) is 5.39 Å². The highest BCUT2D eigenvalue weighted by Crippen LogP contribution is 2.21. The fourth-order valence-electron chi connectivity index (χ4n) is 2.40. The molecule has 0 saturated carbocycles. The molecule has 0 aliphatic rings. The highest BCUT2D eigenvalue weighted by atomic mass is 16.4. The number of carboxylic acid groups (broad SMARTS) is 2. The highest BCUT2D eigenvalue weighted by Gasteiger charge is 2.11. The van der Waals surface area contributed by atoms with Crippen LogP contribution in [-0.2, 0) is 11.3 Å². The number of hydrogen-bond acceptors (Lipinski definition) is 5. The van der Waals surface area contributed by atoms with Crippen LogP contribution in [0, 0.1) is 6.92 Å². The van der Waals surface area contributed by atoms with Crippen molar-refractivity contribution < 1.29 is 19.8 Å². The zero-order valence-corrected chi connectivity index (χ0v) is 13.2.